The third kappa shape index (κ3) is 10.0. The first-order valence-electron chi connectivity index (χ1n) is 12.6. The number of halogens is 4. The van der Waals surface area contributed by atoms with Gasteiger partial charge >= 0.3 is 0 Å². The summed E-state index contributed by atoms with van der Waals surface area (Å²) in [6, 6.07) is 2.24. The van der Waals surface area contributed by atoms with Crippen LogP contribution in [0.1, 0.15) is 5.69 Å². The molecule has 11 nitrogen and oxygen atoms in total. The van der Waals surface area contributed by atoms with Crippen molar-refractivity contribution < 1.29 is 14.6 Å². The summed E-state index contributed by atoms with van der Waals surface area (Å²) in [5.41, 5.74) is 3.01. The zero-order chi connectivity index (χ0) is 29.7. The lowest BCUT2D eigenvalue weighted by Crippen LogP contribution is -2.22. The van der Waals surface area contributed by atoms with E-state index in [1.54, 1.807) is 9.36 Å². The van der Waals surface area contributed by atoms with Crippen molar-refractivity contribution in [2.75, 3.05) is 13.2 Å². The summed E-state index contributed by atoms with van der Waals surface area (Å²) in [5, 5.41) is 18.5. The van der Waals surface area contributed by atoms with E-state index < -0.39 is 16.1 Å². The number of nitrogens with zero attached hydrogens (tertiary/aromatic N) is 8. The molecule has 4 heterocycles. The number of aromatic nitrogens is 8. The van der Waals surface area contributed by atoms with Crippen molar-refractivity contribution in [2.24, 2.45) is 0 Å². The first-order chi connectivity index (χ1) is 18.7. The molecule has 0 saturated carbocycles. The number of hydrogen-bond acceptors (Lipinski definition) is 9. The van der Waals surface area contributed by atoms with Crippen LogP contribution < -0.4 is 0 Å². The van der Waals surface area contributed by atoms with E-state index in [4.69, 9.17) is 32.7 Å². The molecule has 4 aromatic heterocycles. The van der Waals surface area contributed by atoms with Gasteiger partial charge in [0.1, 0.15) is 35.3 Å². The van der Waals surface area contributed by atoms with Gasteiger partial charge in [-0.15, -0.1) is 0 Å². The van der Waals surface area contributed by atoms with Crippen LogP contribution in [0.5, 0.6) is 0 Å². The minimum Gasteiger partial charge on any atom is -0.390 e. The van der Waals surface area contributed by atoms with Crippen LogP contribution in [0.15, 0.2) is 6.20 Å². The molecule has 4 rings (SSSR count). The first-order valence-corrected chi connectivity index (χ1v) is 22.9. The summed E-state index contributed by atoms with van der Waals surface area (Å²) < 4.78 is 16.3. The van der Waals surface area contributed by atoms with E-state index in [2.05, 4.69) is 115 Å². The molecule has 0 radical (unpaired) electrons. The zero-order valence-electron chi connectivity index (χ0n) is 23.4. The Morgan fingerprint density at radius 3 is 1.80 bits per heavy atom. The van der Waals surface area contributed by atoms with E-state index in [9.17, 15) is 5.11 Å². The molecular weight excluding hydrogens is 817 g/mol. The minimum absolute atomic E-state index is 0.199. The Labute approximate surface area is 273 Å². The number of aliphatic hydroxyl groups is 1. The molecule has 0 unspecified atom stereocenters. The average molecular weight is 851 g/mol. The first kappa shape index (κ1) is 33.9. The van der Waals surface area contributed by atoms with Gasteiger partial charge in [-0.3, -0.25) is 0 Å². The lowest BCUT2D eigenvalue weighted by molar-refractivity contribution is 0.0809. The number of rotatable bonds is 11. The summed E-state index contributed by atoms with van der Waals surface area (Å²) in [5.74, 6) is 0. The summed E-state index contributed by atoms with van der Waals surface area (Å²) >= 11 is 16.1. The predicted octanol–water partition coefficient (Wildman–Crippen LogP) is 6.29. The molecule has 0 aliphatic carbocycles. The van der Waals surface area contributed by atoms with Crippen molar-refractivity contribution in [3.8, 4) is 0 Å². The van der Waals surface area contributed by atoms with Gasteiger partial charge in [0.2, 0.25) is 0 Å². The fraction of sp³-hybridized carbons (Fsp3) is 0.565. The summed E-state index contributed by atoms with van der Waals surface area (Å²) in [7, 11) is -2.16. The SMILES string of the molecule is C[Si](C)(C)CCOCn1nc(I)c2nc(CO)c(Cl)nc21.C[Si](C)(C)CCOCn1nc(I)c2ncc(Cl)nc21. The van der Waals surface area contributed by atoms with Crippen LogP contribution >= 0.6 is 68.4 Å². The number of fused-ring (bicyclic) bond motifs is 2. The molecule has 0 spiro atoms. The molecule has 0 amide bonds. The molecule has 0 aliphatic heterocycles. The quantitative estimate of drug-likeness (QED) is 0.105. The lowest BCUT2D eigenvalue weighted by atomic mass is 10.4. The molecular formula is C23H34Cl2I2N8O3Si2. The topological polar surface area (TPSA) is 126 Å². The lowest BCUT2D eigenvalue weighted by Gasteiger charge is -2.15. The molecule has 220 valence electrons. The van der Waals surface area contributed by atoms with Gasteiger partial charge in [0.15, 0.2) is 23.8 Å². The van der Waals surface area contributed by atoms with Crippen LogP contribution in [-0.2, 0) is 29.5 Å². The Bertz CT molecular complexity index is 1440. The Hall–Kier alpha value is -0.546. The summed E-state index contributed by atoms with van der Waals surface area (Å²) in [4.78, 5) is 17.0. The minimum atomic E-state index is -1.10. The Kier molecular flexibility index (Phi) is 12.5. The molecule has 0 atom stereocenters. The Morgan fingerprint density at radius 2 is 1.30 bits per heavy atom. The summed E-state index contributed by atoms with van der Waals surface area (Å²) in [6.45, 7) is 15.8. The molecule has 40 heavy (non-hydrogen) atoms. The van der Waals surface area contributed by atoms with Crippen LogP contribution in [-0.4, -0.2) is 74.0 Å². The van der Waals surface area contributed by atoms with Gasteiger partial charge in [-0.05, 0) is 57.3 Å². The van der Waals surface area contributed by atoms with Crippen molar-refractivity contribution in [2.45, 2.75) is 71.4 Å². The third-order valence-corrected chi connectivity index (χ3v) is 10.8. The molecule has 17 heteroatoms. The van der Waals surface area contributed by atoms with E-state index >= 15 is 0 Å². The third-order valence-electron chi connectivity index (χ3n) is 5.49. The molecule has 0 aromatic carbocycles. The number of ether oxygens (including phenoxy) is 2. The van der Waals surface area contributed by atoms with Gasteiger partial charge in [0.25, 0.3) is 0 Å². The van der Waals surface area contributed by atoms with E-state index in [1.807, 2.05) is 0 Å². The van der Waals surface area contributed by atoms with E-state index in [-0.39, 0.29) is 11.8 Å². The van der Waals surface area contributed by atoms with Gasteiger partial charge in [-0.1, -0.05) is 62.5 Å². The second-order valence-corrected chi connectivity index (χ2v) is 25.5. The molecule has 0 saturated heterocycles. The van der Waals surface area contributed by atoms with Crippen molar-refractivity contribution >= 4 is 107 Å². The van der Waals surface area contributed by atoms with Gasteiger partial charge in [0, 0.05) is 29.4 Å². The highest BCUT2D eigenvalue weighted by atomic mass is 127. The standard InChI is InChI=1S/C12H18ClIN4O2Si.C11H16ClIN4OSi/c1-21(2,3)5-4-20-7-18-12-9(11(14)17-18)15-8(6-19)10(13)16-12;1-19(2,3)5-4-18-7-17-11-9(10(13)16-17)14-6-8(12)15-11/h19H,4-7H2,1-3H3;6H,4-5,7H2,1-3H3. The maximum Gasteiger partial charge on any atom is 0.181 e. The van der Waals surface area contributed by atoms with Crippen LogP contribution in [0.25, 0.3) is 22.3 Å². The van der Waals surface area contributed by atoms with Gasteiger partial charge in [-0.2, -0.15) is 10.2 Å². The number of aliphatic hydroxyl groups excluding tert-OH is 1. The van der Waals surface area contributed by atoms with Crippen molar-refractivity contribution in [1.29, 1.82) is 0 Å². The highest BCUT2D eigenvalue weighted by Gasteiger charge is 2.17. The molecule has 0 aliphatic rings. The van der Waals surface area contributed by atoms with Gasteiger partial charge in [0.05, 0.1) is 12.8 Å². The summed E-state index contributed by atoms with van der Waals surface area (Å²) in [6.07, 6.45) is 1.53. The fourth-order valence-corrected chi connectivity index (χ4v) is 6.27. The van der Waals surface area contributed by atoms with Crippen molar-refractivity contribution in [3.05, 3.63) is 29.6 Å². The smallest absolute Gasteiger partial charge is 0.181 e. The second kappa shape index (κ2) is 14.8. The zero-order valence-corrected chi connectivity index (χ0v) is 31.2. The highest BCUT2D eigenvalue weighted by Crippen LogP contribution is 2.22. The van der Waals surface area contributed by atoms with Gasteiger partial charge in [-0.25, -0.2) is 29.3 Å². The Balaban J connectivity index is 0.000000222. The average Bonchev–Trinajstić information content (AvgIpc) is 3.33. The molecule has 1 N–H and O–H groups in total. The maximum absolute atomic E-state index is 9.19. The van der Waals surface area contributed by atoms with E-state index in [0.29, 0.717) is 47.7 Å². The molecule has 0 fully saturated rings. The normalized spacial score (nSPS) is 12.3. The highest BCUT2D eigenvalue weighted by molar-refractivity contribution is 14.1. The van der Waals surface area contributed by atoms with Gasteiger partial charge < -0.3 is 14.6 Å². The largest absolute Gasteiger partial charge is 0.390 e. The van der Waals surface area contributed by atoms with Crippen molar-refractivity contribution in [3.63, 3.8) is 0 Å². The molecule has 4 aromatic rings. The van der Waals surface area contributed by atoms with E-state index in [1.165, 1.54) is 6.20 Å². The van der Waals surface area contributed by atoms with Crippen LogP contribution in [0.4, 0.5) is 0 Å². The van der Waals surface area contributed by atoms with Crippen LogP contribution in [0.3, 0.4) is 0 Å². The van der Waals surface area contributed by atoms with Crippen LogP contribution in [0.2, 0.25) is 61.7 Å². The molecule has 0 bridgehead atoms. The van der Waals surface area contributed by atoms with Crippen LogP contribution in [0, 0.1) is 7.40 Å². The monoisotopic (exact) mass is 850 g/mol. The maximum atomic E-state index is 9.19. The van der Waals surface area contributed by atoms with E-state index in [0.717, 1.165) is 31.6 Å². The fourth-order valence-electron chi connectivity index (χ4n) is 3.18. The predicted molar refractivity (Wildman–Crippen MR) is 180 cm³/mol. The number of hydrogen-bond donors (Lipinski definition) is 1. The van der Waals surface area contributed by atoms with Crippen molar-refractivity contribution in [1.82, 2.24) is 39.5 Å². The second-order valence-electron chi connectivity index (χ2n) is 11.4. The Morgan fingerprint density at radius 1 is 0.800 bits per heavy atom.